The average molecular weight is 279 g/mol. The van der Waals surface area contributed by atoms with Gasteiger partial charge in [-0.05, 0) is 5.56 Å². The number of ether oxygens (including phenoxy) is 2. The summed E-state index contributed by atoms with van der Waals surface area (Å²) in [4.78, 5) is 23.2. The molecular weight excluding hydrogens is 262 g/mol. The molecule has 0 aliphatic carbocycles. The first-order valence-electron chi connectivity index (χ1n) is 6.43. The molecule has 0 aromatic heterocycles. The monoisotopic (exact) mass is 279 g/mol. The van der Waals surface area contributed by atoms with Crippen LogP contribution in [0, 0.1) is 0 Å². The number of benzene rings is 1. The summed E-state index contributed by atoms with van der Waals surface area (Å²) < 4.78 is 10.4. The van der Waals surface area contributed by atoms with Crippen LogP contribution in [0.4, 0.5) is 0 Å². The van der Waals surface area contributed by atoms with Crippen molar-refractivity contribution in [2.45, 2.75) is 18.6 Å². The van der Waals surface area contributed by atoms with Crippen molar-refractivity contribution in [3.05, 3.63) is 35.9 Å². The lowest BCUT2D eigenvalue weighted by Crippen LogP contribution is -2.50. The molecule has 20 heavy (non-hydrogen) atoms. The average Bonchev–Trinajstić information content (AvgIpc) is 2.48. The fourth-order valence-corrected chi connectivity index (χ4v) is 1.95. The van der Waals surface area contributed by atoms with Gasteiger partial charge in [0.05, 0.1) is 19.8 Å². The van der Waals surface area contributed by atoms with Gasteiger partial charge in [-0.2, -0.15) is 0 Å². The van der Waals surface area contributed by atoms with Crippen molar-refractivity contribution in [3.63, 3.8) is 0 Å². The number of nitrogens with one attached hydrogen (secondary N) is 1. The quantitative estimate of drug-likeness (QED) is 0.805. The minimum Gasteiger partial charge on any atom is -0.480 e. The Bertz CT molecular complexity index is 456. The molecule has 1 aromatic rings. The second-order valence-electron chi connectivity index (χ2n) is 4.52. The van der Waals surface area contributed by atoms with Gasteiger partial charge in [-0.15, -0.1) is 0 Å². The molecule has 1 heterocycles. The molecule has 0 radical (unpaired) electrons. The van der Waals surface area contributed by atoms with E-state index in [-0.39, 0.29) is 13.0 Å². The summed E-state index contributed by atoms with van der Waals surface area (Å²) in [6, 6.07) is 8.17. The molecule has 108 valence electrons. The summed E-state index contributed by atoms with van der Waals surface area (Å²) in [5, 5.41) is 11.7. The van der Waals surface area contributed by atoms with E-state index in [4.69, 9.17) is 9.47 Å². The van der Waals surface area contributed by atoms with Crippen LogP contribution in [0.25, 0.3) is 0 Å². The van der Waals surface area contributed by atoms with Crippen molar-refractivity contribution >= 4 is 11.9 Å². The lowest BCUT2D eigenvalue weighted by molar-refractivity contribution is -0.152. The molecule has 0 bridgehead atoms. The normalized spacial score (nSPS) is 20.1. The minimum absolute atomic E-state index is 0.156. The van der Waals surface area contributed by atoms with Crippen LogP contribution in [0.5, 0.6) is 0 Å². The Balaban J connectivity index is 1.95. The van der Waals surface area contributed by atoms with Crippen molar-refractivity contribution in [1.29, 1.82) is 0 Å². The van der Waals surface area contributed by atoms with Crippen LogP contribution in [0.1, 0.15) is 5.56 Å². The van der Waals surface area contributed by atoms with Gasteiger partial charge in [0.25, 0.3) is 5.91 Å². The second kappa shape index (κ2) is 7.02. The van der Waals surface area contributed by atoms with Gasteiger partial charge in [-0.3, -0.25) is 4.79 Å². The summed E-state index contributed by atoms with van der Waals surface area (Å²) in [7, 11) is 0. The van der Waals surface area contributed by atoms with Crippen LogP contribution in [0.3, 0.4) is 0 Å². The van der Waals surface area contributed by atoms with Crippen LogP contribution in [-0.4, -0.2) is 48.9 Å². The number of carbonyl (C=O) groups is 2. The van der Waals surface area contributed by atoms with Crippen LogP contribution in [0.15, 0.2) is 30.3 Å². The zero-order valence-corrected chi connectivity index (χ0v) is 11.0. The van der Waals surface area contributed by atoms with E-state index in [1.807, 2.05) is 30.3 Å². The summed E-state index contributed by atoms with van der Waals surface area (Å²) in [5.41, 5.74) is 0.848. The molecule has 2 N–H and O–H groups in total. The Morgan fingerprint density at radius 1 is 1.30 bits per heavy atom. The van der Waals surface area contributed by atoms with E-state index in [1.165, 1.54) is 0 Å². The zero-order valence-electron chi connectivity index (χ0n) is 11.0. The number of hydrogen-bond acceptors (Lipinski definition) is 4. The molecule has 6 nitrogen and oxygen atoms in total. The molecule has 2 atom stereocenters. The first-order chi connectivity index (χ1) is 9.66. The highest BCUT2D eigenvalue weighted by atomic mass is 16.6. The van der Waals surface area contributed by atoms with Gasteiger partial charge in [0.1, 0.15) is 6.04 Å². The summed E-state index contributed by atoms with van der Waals surface area (Å²) in [5.74, 6) is -1.52. The highest BCUT2D eigenvalue weighted by Crippen LogP contribution is 2.06. The van der Waals surface area contributed by atoms with Crippen molar-refractivity contribution in [2.75, 3.05) is 19.8 Å². The Morgan fingerprint density at radius 3 is 2.65 bits per heavy atom. The Kier molecular flexibility index (Phi) is 5.09. The maximum Gasteiger partial charge on any atom is 0.326 e. The van der Waals surface area contributed by atoms with Crippen molar-refractivity contribution < 1.29 is 24.2 Å². The maximum absolute atomic E-state index is 11.9. The van der Waals surface area contributed by atoms with Crippen molar-refractivity contribution in [3.8, 4) is 0 Å². The van der Waals surface area contributed by atoms with E-state index in [0.717, 1.165) is 5.56 Å². The number of carbonyl (C=O) groups excluding carboxylic acids is 1. The standard InChI is InChI=1S/C14H17NO5/c16-13(12-9-19-6-7-20-12)15-11(14(17)18)8-10-4-2-1-3-5-10/h1-5,11-12H,6-9H2,(H,15,16)(H,17,18). The first kappa shape index (κ1) is 14.5. The predicted molar refractivity (Wildman–Crippen MR) is 70.3 cm³/mol. The third kappa shape index (κ3) is 4.04. The van der Waals surface area contributed by atoms with Gasteiger partial charge in [-0.1, -0.05) is 30.3 Å². The third-order valence-corrected chi connectivity index (χ3v) is 3.01. The number of carboxylic acid groups (broad SMARTS) is 1. The molecule has 1 aromatic carbocycles. The topological polar surface area (TPSA) is 84.9 Å². The lowest BCUT2D eigenvalue weighted by Gasteiger charge is -2.24. The third-order valence-electron chi connectivity index (χ3n) is 3.01. The van der Waals surface area contributed by atoms with Crippen LogP contribution in [0.2, 0.25) is 0 Å². The Labute approximate surface area is 116 Å². The Morgan fingerprint density at radius 2 is 2.05 bits per heavy atom. The molecule has 1 aliphatic heterocycles. The molecule has 1 saturated heterocycles. The SMILES string of the molecule is O=C(O)C(Cc1ccccc1)NC(=O)C1COCCO1. The van der Waals surface area contributed by atoms with E-state index in [0.29, 0.717) is 13.2 Å². The number of carboxylic acids is 1. The number of rotatable bonds is 5. The fraction of sp³-hybridized carbons (Fsp3) is 0.429. The smallest absolute Gasteiger partial charge is 0.326 e. The predicted octanol–water partition coefficient (Wildman–Crippen LogP) is 0.214. The van der Waals surface area contributed by atoms with E-state index < -0.39 is 24.0 Å². The fourth-order valence-electron chi connectivity index (χ4n) is 1.95. The van der Waals surface area contributed by atoms with Crippen molar-refractivity contribution in [2.24, 2.45) is 0 Å². The molecule has 2 rings (SSSR count). The van der Waals surface area contributed by atoms with Crippen LogP contribution in [-0.2, 0) is 25.5 Å². The van der Waals surface area contributed by atoms with Gasteiger partial charge < -0.3 is 19.9 Å². The first-order valence-corrected chi connectivity index (χ1v) is 6.43. The highest BCUT2D eigenvalue weighted by molar-refractivity contribution is 5.86. The second-order valence-corrected chi connectivity index (χ2v) is 4.52. The number of amides is 1. The molecule has 2 unspecified atom stereocenters. The maximum atomic E-state index is 11.9. The van der Waals surface area contributed by atoms with Crippen LogP contribution >= 0.6 is 0 Å². The highest BCUT2D eigenvalue weighted by Gasteiger charge is 2.27. The molecule has 0 saturated carbocycles. The van der Waals surface area contributed by atoms with E-state index in [1.54, 1.807) is 0 Å². The van der Waals surface area contributed by atoms with E-state index in [2.05, 4.69) is 5.32 Å². The number of hydrogen-bond donors (Lipinski definition) is 2. The Hall–Kier alpha value is -1.92. The summed E-state index contributed by atoms with van der Waals surface area (Å²) in [6.07, 6.45) is -0.503. The number of aliphatic carboxylic acids is 1. The molecule has 6 heteroatoms. The van der Waals surface area contributed by atoms with Crippen LogP contribution < -0.4 is 5.32 Å². The van der Waals surface area contributed by atoms with Gasteiger partial charge >= 0.3 is 5.97 Å². The molecule has 1 amide bonds. The molecular formula is C14H17NO5. The summed E-state index contributed by atoms with van der Waals surface area (Å²) in [6.45, 7) is 0.953. The molecule has 1 aliphatic rings. The van der Waals surface area contributed by atoms with Gasteiger partial charge in [0.15, 0.2) is 6.10 Å². The summed E-state index contributed by atoms with van der Waals surface area (Å²) >= 11 is 0. The lowest BCUT2D eigenvalue weighted by atomic mass is 10.1. The van der Waals surface area contributed by atoms with Gasteiger partial charge in [-0.25, -0.2) is 4.79 Å². The zero-order chi connectivity index (χ0) is 14.4. The largest absolute Gasteiger partial charge is 0.480 e. The van der Waals surface area contributed by atoms with Gasteiger partial charge in [0.2, 0.25) is 0 Å². The van der Waals surface area contributed by atoms with Gasteiger partial charge in [0, 0.05) is 6.42 Å². The van der Waals surface area contributed by atoms with E-state index >= 15 is 0 Å². The van der Waals surface area contributed by atoms with E-state index in [9.17, 15) is 14.7 Å². The van der Waals surface area contributed by atoms with Crippen molar-refractivity contribution in [1.82, 2.24) is 5.32 Å². The molecule has 1 fully saturated rings. The molecule has 0 spiro atoms. The minimum atomic E-state index is -1.07.